The first kappa shape index (κ1) is 11.8. The largest absolute Gasteiger partial charge is 0.416 e. The van der Waals surface area contributed by atoms with Crippen LogP contribution in [0.5, 0.6) is 0 Å². The number of thioether (sulfide) groups is 1. The summed E-state index contributed by atoms with van der Waals surface area (Å²) in [5.74, 6) is 0. The average molecular weight is 246 g/mol. The van der Waals surface area contributed by atoms with Gasteiger partial charge < -0.3 is 0 Å². The van der Waals surface area contributed by atoms with Crippen LogP contribution in [0.25, 0.3) is 0 Å². The van der Waals surface area contributed by atoms with Crippen molar-refractivity contribution in [2.45, 2.75) is 42.0 Å². The van der Waals surface area contributed by atoms with Gasteiger partial charge in [-0.15, -0.1) is 11.8 Å². The van der Waals surface area contributed by atoms with Crippen LogP contribution in [-0.2, 0) is 6.18 Å². The van der Waals surface area contributed by atoms with Gasteiger partial charge in [-0.25, -0.2) is 0 Å². The Morgan fingerprint density at radius 2 is 1.69 bits per heavy atom. The van der Waals surface area contributed by atoms with Crippen LogP contribution in [0.3, 0.4) is 0 Å². The number of hydrogen-bond donors (Lipinski definition) is 0. The fourth-order valence-electron chi connectivity index (χ4n) is 1.77. The molecule has 1 aromatic carbocycles. The van der Waals surface area contributed by atoms with Crippen molar-refractivity contribution in [3.05, 3.63) is 29.8 Å². The molecule has 0 nitrogen and oxygen atoms in total. The zero-order valence-electron chi connectivity index (χ0n) is 8.97. The third-order valence-corrected chi connectivity index (χ3v) is 4.37. The van der Waals surface area contributed by atoms with Gasteiger partial charge in [0.2, 0.25) is 0 Å². The van der Waals surface area contributed by atoms with Gasteiger partial charge in [0.05, 0.1) is 5.56 Å². The lowest BCUT2D eigenvalue weighted by Gasteiger charge is -2.37. The maximum Gasteiger partial charge on any atom is 0.416 e. The molecule has 0 radical (unpaired) electrons. The number of rotatable bonds is 2. The summed E-state index contributed by atoms with van der Waals surface area (Å²) in [7, 11) is 0. The molecule has 1 aromatic rings. The van der Waals surface area contributed by atoms with Crippen LogP contribution in [0.4, 0.5) is 13.2 Å². The Morgan fingerprint density at radius 3 is 2.06 bits per heavy atom. The van der Waals surface area contributed by atoms with Crippen LogP contribution in [-0.4, -0.2) is 4.75 Å². The summed E-state index contributed by atoms with van der Waals surface area (Å²) in [6.07, 6.45) is -0.703. The molecule has 0 amide bonds. The van der Waals surface area contributed by atoms with Crippen molar-refractivity contribution >= 4 is 11.8 Å². The minimum atomic E-state index is -4.23. The summed E-state index contributed by atoms with van der Waals surface area (Å²) in [5, 5.41) is 0. The molecule has 1 saturated carbocycles. The Kier molecular flexibility index (Phi) is 2.95. The van der Waals surface area contributed by atoms with Crippen LogP contribution >= 0.6 is 11.8 Å². The zero-order chi connectivity index (χ0) is 11.8. The van der Waals surface area contributed by atoms with Gasteiger partial charge in [-0.05, 0) is 37.1 Å². The second kappa shape index (κ2) is 3.99. The van der Waals surface area contributed by atoms with E-state index in [0.717, 1.165) is 29.9 Å². The molecule has 1 fully saturated rings. The van der Waals surface area contributed by atoms with Crippen molar-refractivity contribution in [3.8, 4) is 0 Å². The smallest absolute Gasteiger partial charge is 0.166 e. The molecule has 0 aromatic heterocycles. The lowest BCUT2D eigenvalue weighted by Crippen LogP contribution is -2.28. The lowest BCUT2D eigenvalue weighted by atomic mass is 9.86. The van der Waals surface area contributed by atoms with Crippen molar-refractivity contribution < 1.29 is 13.2 Å². The minimum absolute atomic E-state index is 0.236. The van der Waals surface area contributed by atoms with Crippen LogP contribution in [0, 0.1) is 0 Å². The highest BCUT2D eigenvalue weighted by atomic mass is 32.2. The molecule has 0 N–H and O–H groups in total. The van der Waals surface area contributed by atoms with E-state index in [1.54, 1.807) is 23.9 Å². The van der Waals surface area contributed by atoms with Crippen molar-refractivity contribution in [1.29, 1.82) is 0 Å². The Balaban J connectivity index is 2.08. The molecule has 0 spiro atoms. The molecular formula is C12H13F3S. The highest BCUT2D eigenvalue weighted by Crippen LogP contribution is 2.47. The van der Waals surface area contributed by atoms with Gasteiger partial charge >= 0.3 is 6.18 Å². The summed E-state index contributed by atoms with van der Waals surface area (Å²) < 4.78 is 37.2. The van der Waals surface area contributed by atoms with Gasteiger partial charge in [0, 0.05) is 9.64 Å². The first-order valence-electron chi connectivity index (χ1n) is 5.25. The van der Waals surface area contributed by atoms with Gasteiger partial charge in [-0.3, -0.25) is 0 Å². The van der Waals surface area contributed by atoms with Gasteiger partial charge in [-0.2, -0.15) is 13.2 Å². The van der Waals surface area contributed by atoms with E-state index in [0.29, 0.717) is 0 Å². The molecule has 0 atom stereocenters. The molecular weight excluding hydrogens is 233 g/mol. The predicted molar refractivity (Wildman–Crippen MR) is 59.6 cm³/mol. The fourth-order valence-corrected chi connectivity index (χ4v) is 3.11. The van der Waals surface area contributed by atoms with Crippen molar-refractivity contribution in [1.82, 2.24) is 0 Å². The fraction of sp³-hybridized carbons (Fsp3) is 0.500. The third-order valence-electron chi connectivity index (χ3n) is 2.96. The second-order valence-corrected chi connectivity index (χ2v) is 6.09. The van der Waals surface area contributed by atoms with Gasteiger partial charge in [0.1, 0.15) is 0 Å². The Hall–Kier alpha value is -0.640. The SMILES string of the molecule is CC1(Sc2ccc(C(F)(F)F)cc2)CCC1. The van der Waals surface area contributed by atoms with Crippen LogP contribution in [0.1, 0.15) is 31.7 Å². The summed E-state index contributed by atoms with van der Waals surface area (Å²) in [4.78, 5) is 0.926. The summed E-state index contributed by atoms with van der Waals surface area (Å²) in [5.41, 5.74) is -0.574. The molecule has 0 aliphatic heterocycles. The highest BCUT2D eigenvalue weighted by molar-refractivity contribution is 8.00. The van der Waals surface area contributed by atoms with Gasteiger partial charge in [-0.1, -0.05) is 13.3 Å². The summed E-state index contributed by atoms with van der Waals surface area (Å²) >= 11 is 1.68. The quantitative estimate of drug-likeness (QED) is 0.726. The Bertz CT molecular complexity index is 363. The number of benzene rings is 1. The van der Waals surface area contributed by atoms with Crippen molar-refractivity contribution in [2.75, 3.05) is 0 Å². The predicted octanol–water partition coefficient (Wildman–Crippen LogP) is 4.74. The minimum Gasteiger partial charge on any atom is -0.166 e. The van der Waals surface area contributed by atoms with E-state index in [4.69, 9.17) is 0 Å². The normalized spacial score (nSPS) is 19.2. The van der Waals surface area contributed by atoms with E-state index in [1.165, 1.54) is 6.42 Å². The molecule has 2 rings (SSSR count). The molecule has 0 saturated heterocycles. The Morgan fingerprint density at radius 1 is 1.12 bits per heavy atom. The standard InChI is InChI=1S/C12H13F3S/c1-11(7-2-8-11)16-10-5-3-9(4-6-10)12(13,14)15/h3-6H,2,7-8H2,1H3. The summed E-state index contributed by atoms with van der Waals surface area (Å²) in [6, 6.07) is 5.45. The molecule has 0 heterocycles. The molecule has 1 aliphatic rings. The van der Waals surface area contributed by atoms with E-state index in [-0.39, 0.29) is 4.75 Å². The van der Waals surface area contributed by atoms with Crippen LogP contribution < -0.4 is 0 Å². The first-order valence-corrected chi connectivity index (χ1v) is 6.07. The molecule has 4 heteroatoms. The molecule has 0 unspecified atom stereocenters. The highest BCUT2D eigenvalue weighted by Gasteiger charge is 2.33. The molecule has 16 heavy (non-hydrogen) atoms. The number of alkyl halides is 3. The van der Waals surface area contributed by atoms with E-state index < -0.39 is 11.7 Å². The second-order valence-electron chi connectivity index (χ2n) is 4.43. The van der Waals surface area contributed by atoms with E-state index in [9.17, 15) is 13.2 Å². The number of hydrogen-bond acceptors (Lipinski definition) is 1. The van der Waals surface area contributed by atoms with Crippen molar-refractivity contribution in [3.63, 3.8) is 0 Å². The average Bonchev–Trinajstić information content (AvgIpc) is 2.15. The maximum atomic E-state index is 12.3. The Labute approximate surface area is 97.2 Å². The number of halogens is 3. The van der Waals surface area contributed by atoms with Crippen LogP contribution in [0.15, 0.2) is 29.2 Å². The van der Waals surface area contributed by atoms with Gasteiger partial charge in [0.25, 0.3) is 0 Å². The molecule has 88 valence electrons. The lowest BCUT2D eigenvalue weighted by molar-refractivity contribution is -0.137. The van der Waals surface area contributed by atoms with E-state index in [1.807, 2.05) is 0 Å². The monoisotopic (exact) mass is 246 g/mol. The summed E-state index contributed by atoms with van der Waals surface area (Å²) in [6.45, 7) is 2.17. The van der Waals surface area contributed by atoms with Gasteiger partial charge in [0.15, 0.2) is 0 Å². The zero-order valence-corrected chi connectivity index (χ0v) is 9.79. The van der Waals surface area contributed by atoms with Crippen molar-refractivity contribution in [2.24, 2.45) is 0 Å². The maximum absolute atomic E-state index is 12.3. The first-order chi connectivity index (χ1) is 7.39. The molecule has 0 bridgehead atoms. The third kappa shape index (κ3) is 2.54. The van der Waals surface area contributed by atoms with Crippen LogP contribution in [0.2, 0.25) is 0 Å². The topological polar surface area (TPSA) is 0 Å². The van der Waals surface area contributed by atoms with E-state index >= 15 is 0 Å². The molecule has 1 aliphatic carbocycles. The van der Waals surface area contributed by atoms with E-state index in [2.05, 4.69) is 6.92 Å².